The number of methoxy groups -OCH3 is 2. The Morgan fingerprint density at radius 1 is 0.769 bits per heavy atom. The van der Waals surface area contributed by atoms with Crippen molar-refractivity contribution in [2.45, 2.75) is 74.1 Å². The van der Waals surface area contributed by atoms with Gasteiger partial charge in [0.05, 0.1) is 36.1 Å². The van der Waals surface area contributed by atoms with Crippen molar-refractivity contribution in [3.63, 3.8) is 0 Å². The van der Waals surface area contributed by atoms with Crippen LogP contribution in [0.5, 0.6) is 11.5 Å². The number of allylic oxidation sites excluding steroid dienone is 2. The van der Waals surface area contributed by atoms with Gasteiger partial charge in [0.25, 0.3) is 5.91 Å². The summed E-state index contributed by atoms with van der Waals surface area (Å²) in [4.78, 5) is 65.2. The van der Waals surface area contributed by atoms with Gasteiger partial charge in [-0.15, -0.1) is 0 Å². The fourth-order valence-corrected chi connectivity index (χ4v) is 6.45. The lowest BCUT2D eigenvalue weighted by molar-refractivity contribution is -0.0980. The number of amides is 3. The van der Waals surface area contributed by atoms with Crippen molar-refractivity contribution >= 4 is 64.8 Å². The lowest BCUT2D eigenvalue weighted by atomic mass is 10.1. The van der Waals surface area contributed by atoms with Crippen molar-refractivity contribution in [1.82, 2.24) is 38.7 Å². The van der Waals surface area contributed by atoms with Crippen LogP contribution in [-0.4, -0.2) is 116 Å². The molecular formula is C44H62N12O9. The second kappa shape index (κ2) is 26.9. The topological polar surface area (TPSA) is 281 Å². The number of carbonyl (C=O) groups is 5. The molecule has 0 radical (unpaired) electrons. The normalized spacial score (nSPS) is 10.4. The molecule has 0 saturated heterocycles. The molecule has 6 rings (SSSR count). The Morgan fingerprint density at radius 3 is 1.77 bits per heavy atom. The SMILES string of the molecule is C=O.CC.CCn1nc(C)cc1C(=O)Nc1nc2cc(C(N)=O)cc(OC)c2n1C/C=C/Cn1c(NC)nc2cc(C(N)=O)cc(OCCCOC)c21.CCn1nc(C)cc1C=O.CO. The number of imidazole rings is 2. The molecule has 4 heterocycles. The van der Waals surface area contributed by atoms with Crippen LogP contribution in [0.4, 0.5) is 11.9 Å². The number of aliphatic hydroxyl groups is 1. The van der Waals surface area contributed by atoms with Crippen LogP contribution >= 0.6 is 0 Å². The lowest BCUT2D eigenvalue weighted by Crippen LogP contribution is -2.20. The van der Waals surface area contributed by atoms with Gasteiger partial charge < -0.3 is 50.0 Å². The quantitative estimate of drug-likeness (QED) is 0.0450. The standard InChI is InChI=1S/C33H40N10O6.C7H10N2O.C2H6.CH4O.CH2O/c1-6-43-24(14-19(2)40-43)31(46)39-33-38-22-15-20(29(34)44)17-25(48-5)27(22)42(33)11-8-7-10-41-28-23(37-32(41)36-3)16-21(30(35)45)18-26(28)49-13-9-12-47-4;1-3-9-7(5-10)4-6(2)8-9;3*1-2/h7-8,14-18H,6,9-13H2,1-5H3,(H2,34,44)(H2,35,45)(H,36,37)(H,38,39,46);4-5H,3H2,1-2H3;1-2H3;2H,1H3;1H2/b8-7+;;;;. The molecule has 0 unspecified atom stereocenters. The average Bonchev–Trinajstić information content (AvgIpc) is 4.09. The molecule has 0 aliphatic carbocycles. The van der Waals surface area contributed by atoms with Gasteiger partial charge >= 0.3 is 0 Å². The third-order valence-corrected chi connectivity index (χ3v) is 9.13. The number of primary amides is 2. The van der Waals surface area contributed by atoms with Gasteiger partial charge in [-0.1, -0.05) is 26.0 Å². The molecule has 0 saturated carbocycles. The molecule has 2 aromatic carbocycles. The Balaban J connectivity index is 0.000000779. The number of nitrogens with one attached hydrogen (secondary N) is 2. The highest BCUT2D eigenvalue weighted by molar-refractivity contribution is 6.04. The van der Waals surface area contributed by atoms with Crippen LogP contribution in [0.15, 0.2) is 48.6 Å². The summed E-state index contributed by atoms with van der Waals surface area (Å²) in [6.45, 7) is 16.3. The second-order valence-corrected chi connectivity index (χ2v) is 13.2. The number of carbonyl (C=O) groups excluding carboxylic acids is 5. The maximum atomic E-state index is 13.4. The van der Waals surface area contributed by atoms with E-state index in [0.717, 1.165) is 25.6 Å². The van der Waals surface area contributed by atoms with E-state index in [4.69, 9.17) is 35.6 Å². The van der Waals surface area contributed by atoms with E-state index in [1.54, 1.807) is 64.5 Å². The number of ether oxygens (including phenoxy) is 3. The molecule has 4 aromatic heterocycles. The summed E-state index contributed by atoms with van der Waals surface area (Å²) in [5.41, 5.74) is 16.5. The fourth-order valence-electron chi connectivity index (χ4n) is 6.45. The minimum absolute atomic E-state index is 0.216. The van der Waals surface area contributed by atoms with Gasteiger partial charge in [-0.05, 0) is 64.1 Å². The number of rotatable bonds is 18. The Bertz CT molecular complexity index is 2540. The van der Waals surface area contributed by atoms with Gasteiger partial charge in [0.1, 0.15) is 40.7 Å². The van der Waals surface area contributed by atoms with Crippen LogP contribution < -0.4 is 31.6 Å². The van der Waals surface area contributed by atoms with Crippen LogP contribution in [0, 0.1) is 13.8 Å². The third kappa shape index (κ3) is 13.6. The van der Waals surface area contributed by atoms with Crippen LogP contribution in [0.3, 0.4) is 0 Å². The Hall–Kier alpha value is -7.39. The number of nitrogens with zero attached hydrogens (tertiary/aromatic N) is 8. The predicted octanol–water partition coefficient (Wildman–Crippen LogP) is 4.56. The highest BCUT2D eigenvalue weighted by Gasteiger charge is 2.22. The number of anilines is 2. The number of aryl methyl sites for hydroxylation is 4. The molecule has 0 bridgehead atoms. The zero-order chi connectivity index (χ0) is 48.8. The summed E-state index contributed by atoms with van der Waals surface area (Å²) >= 11 is 0. The molecule has 6 aromatic rings. The van der Waals surface area contributed by atoms with Gasteiger partial charge in [-0.3, -0.25) is 33.9 Å². The van der Waals surface area contributed by atoms with Crippen molar-refractivity contribution in [2.75, 3.05) is 52.2 Å². The summed E-state index contributed by atoms with van der Waals surface area (Å²) in [7, 11) is 5.85. The van der Waals surface area contributed by atoms with E-state index in [0.29, 0.717) is 89.3 Å². The van der Waals surface area contributed by atoms with Crippen molar-refractivity contribution < 1.29 is 43.3 Å². The van der Waals surface area contributed by atoms with E-state index in [2.05, 4.69) is 30.8 Å². The van der Waals surface area contributed by atoms with Crippen LogP contribution in [-0.2, 0) is 35.7 Å². The van der Waals surface area contributed by atoms with Crippen LogP contribution in [0.2, 0.25) is 0 Å². The van der Waals surface area contributed by atoms with E-state index in [1.807, 2.05) is 65.1 Å². The lowest BCUT2D eigenvalue weighted by Gasteiger charge is -2.13. The van der Waals surface area contributed by atoms with Crippen LogP contribution in [0.25, 0.3) is 22.1 Å². The molecule has 21 heteroatoms. The summed E-state index contributed by atoms with van der Waals surface area (Å²) in [6.07, 6.45) is 5.30. The minimum Gasteiger partial charge on any atom is -0.494 e. The maximum Gasteiger partial charge on any atom is 0.276 e. The van der Waals surface area contributed by atoms with E-state index in [9.17, 15) is 19.2 Å². The zero-order valence-corrected chi connectivity index (χ0v) is 38.8. The van der Waals surface area contributed by atoms with Crippen molar-refractivity contribution in [1.29, 1.82) is 0 Å². The van der Waals surface area contributed by atoms with Gasteiger partial charge in [-0.25, -0.2) is 9.97 Å². The molecule has 0 spiro atoms. The first kappa shape index (κ1) is 53.7. The largest absolute Gasteiger partial charge is 0.494 e. The molecule has 65 heavy (non-hydrogen) atoms. The molecule has 21 nitrogen and oxygen atoms in total. The summed E-state index contributed by atoms with van der Waals surface area (Å²) < 4.78 is 23.8. The summed E-state index contributed by atoms with van der Waals surface area (Å²) in [5, 5.41) is 21.5. The minimum atomic E-state index is -0.638. The van der Waals surface area contributed by atoms with Gasteiger partial charge in [0, 0.05) is 71.6 Å². The number of aromatic nitrogens is 8. The van der Waals surface area contributed by atoms with Crippen molar-refractivity contribution in [2.24, 2.45) is 11.5 Å². The van der Waals surface area contributed by atoms with Gasteiger partial charge in [0.2, 0.25) is 23.7 Å². The third-order valence-electron chi connectivity index (χ3n) is 9.13. The van der Waals surface area contributed by atoms with Crippen molar-refractivity contribution in [3.8, 4) is 11.5 Å². The molecule has 0 aliphatic heterocycles. The molecule has 0 aliphatic rings. The van der Waals surface area contributed by atoms with Gasteiger partial charge in [-0.2, -0.15) is 10.2 Å². The Labute approximate surface area is 377 Å². The number of nitrogens with two attached hydrogens (primary N) is 2. The van der Waals surface area contributed by atoms with E-state index < -0.39 is 17.7 Å². The first-order chi connectivity index (χ1) is 31.4. The van der Waals surface area contributed by atoms with Gasteiger partial charge in [0.15, 0.2) is 6.29 Å². The number of hydrogen-bond acceptors (Lipinski definition) is 14. The zero-order valence-electron chi connectivity index (χ0n) is 38.8. The molecule has 7 N–H and O–H groups in total. The predicted molar refractivity (Wildman–Crippen MR) is 249 cm³/mol. The number of fused-ring (bicyclic) bond motifs is 2. The van der Waals surface area contributed by atoms with Crippen LogP contribution in [0.1, 0.15) is 87.2 Å². The second-order valence-electron chi connectivity index (χ2n) is 13.2. The Kier molecular flexibility index (Phi) is 22.3. The maximum absolute atomic E-state index is 13.4. The first-order valence-electron chi connectivity index (χ1n) is 20.6. The molecule has 352 valence electrons. The molecule has 0 atom stereocenters. The number of hydrogen-bond donors (Lipinski definition) is 5. The Morgan fingerprint density at radius 2 is 1.28 bits per heavy atom. The highest BCUT2D eigenvalue weighted by Crippen LogP contribution is 2.33. The fraction of sp³-hybridized carbons (Fsp3) is 0.386. The first-order valence-corrected chi connectivity index (χ1v) is 20.6. The van der Waals surface area contributed by atoms with E-state index in [1.165, 1.54) is 7.11 Å². The highest BCUT2D eigenvalue weighted by atomic mass is 16.5. The number of aliphatic hydroxyl groups excluding tert-OH is 1. The summed E-state index contributed by atoms with van der Waals surface area (Å²) in [5.74, 6) is -0.0114. The van der Waals surface area contributed by atoms with Crippen molar-refractivity contribution in [3.05, 3.63) is 82.5 Å². The molecule has 3 amide bonds. The monoisotopic (exact) mass is 902 g/mol. The van der Waals surface area contributed by atoms with E-state index in [-0.39, 0.29) is 23.6 Å². The average molecular weight is 903 g/mol. The number of benzene rings is 2. The molecule has 0 fully saturated rings. The smallest absolute Gasteiger partial charge is 0.276 e. The van der Waals surface area contributed by atoms with E-state index >= 15 is 0 Å². The number of aldehydes is 1. The summed E-state index contributed by atoms with van der Waals surface area (Å²) in [6, 6.07) is 9.82. The molecular weight excluding hydrogens is 841 g/mol.